The van der Waals surface area contributed by atoms with Gasteiger partial charge >= 0.3 is 12.0 Å². The first-order valence-corrected chi connectivity index (χ1v) is 6.10. The van der Waals surface area contributed by atoms with Crippen molar-refractivity contribution in [1.82, 2.24) is 10.6 Å². The van der Waals surface area contributed by atoms with Crippen LogP contribution >= 0.6 is 0 Å². The molecule has 0 radical (unpaired) electrons. The summed E-state index contributed by atoms with van der Waals surface area (Å²) in [6.45, 7) is 1.56. The minimum atomic E-state index is -1.57. The highest BCUT2D eigenvalue weighted by Gasteiger charge is 2.20. The highest BCUT2D eigenvalue weighted by molar-refractivity contribution is 5.76. The van der Waals surface area contributed by atoms with E-state index in [2.05, 4.69) is 10.6 Å². The maximum absolute atomic E-state index is 11.2. The lowest BCUT2D eigenvalue weighted by atomic mass is 10.3. The van der Waals surface area contributed by atoms with E-state index < -0.39 is 18.1 Å². The first-order valence-electron chi connectivity index (χ1n) is 6.10. The second kappa shape index (κ2) is 7.88. The molecule has 1 fully saturated rings. The van der Waals surface area contributed by atoms with E-state index >= 15 is 0 Å². The van der Waals surface area contributed by atoms with Crippen LogP contribution in [0.25, 0.3) is 0 Å². The topological polar surface area (TPSA) is 108 Å². The quantitative estimate of drug-likeness (QED) is 0.420. The molecular formula is C11H20N2O5. The van der Waals surface area contributed by atoms with Crippen molar-refractivity contribution in [2.45, 2.75) is 25.4 Å². The van der Waals surface area contributed by atoms with Crippen LogP contribution in [0.3, 0.4) is 0 Å². The molecule has 0 aliphatic heterocycles. The molecule has 2 amide bonds. The monoisotopic (exact) mass is 260 g/mol. The maximum Gasteiger partial charge on any atom is 0.334 e. The van der Waals surface area contributed by atoms with Crippen molar-refractivity contribution in [2.75, 3.05) is 26.3 Å². The molecular weight excluding hydrogens is 240 g/mol. The van der Waals surface area contributed by atoms with Gasteiger partial charge in [-0.05, 0) is 25.2 Å². The van der Waals surface area contributed by atoms with Gasteiger partial charge in [-0.15, -0.1) is 0 Å². The van der Waals surface area contributed by atoms with Crippen LogP contribution in [0.2, 0.25) is 0 Å². The van der Waals surface area contributed by atoms with E-state index in [4.69, 9.17) is 14.9 Å². The van der Waals surface area contributed by atoms with Crippen LogP contribution in [0, 0.1) is 5.92 Å². The first kappa shape index (κ1) is 14.7. The molecule has 1 saturated carbocycles. The molecule has 0 aromatic heterocycles. The Morgan fingerprint density at radius 1 is 1.33 bits per heavy atom. The van der Waals surface area contributed by atoms with Crippen LogP contribution in [0.15, 0.2) is 0 Å². The summed E-state index contributed by atoms with van der Waals surface area (Å²) in [5.41, 5.74) is 0. The average Bonchev–Trinajstić information content (AvgIpc) is 3.14. The van der Waals surface area contributed by atoms with Crippen LogP contribution in [-0.2, 0) is 9.53 Å². The number of rotatable bonds is 9. The fourth-order valence-corrected chi connectivity index (χ4v) is 1.25. The Bertz CT molecular complexity index is 281. The van der Waals surface area contributed by atoms with Gasteiger partial charge in [-0.2, -0.15) is 0 Å². The Hall–Kier alpha value is -1.34. The van der Waals surface area contributed by atoms with E-state index in [-0.39, 0.29) is 6.54 Å². The van der Waals surface area contributed by atoms with Crippen molar-refractivity contribution in [1.29, 1.82) is 0 Å². The average molecular weight is 260 g/mol. The summed E-state index contributed by atoms with van der Waals surface area (Å²) in [7, 11) is 0. The summed E-state index contributed by atoms with van der Waals surface area (Å²) in [5.74, 6) is -0.623. The number of aliphatic carboxylic acids is 1. The molecule has 0 spiro atoms. The van der Waals surface area contributed by atoms with E-state index in [1.807, 2.05) is 0 Å². The largest absolute Gasteiger partial charge is 0.479 e. The van der Waals surface area contributed by atoms with Gasteiger partial charge in [0.15, 0.2) is 6.10 Å². The summed E-state index contributed by atoms with van der Waals surface area (Å²) in [6.07, 6.45) is 1.65. The van der Waals surface area contributed by atoms with E-state index in [0.29, 0.717) is 19.6 Å². The molecule has 0 heterocycles. The summed E-state index contributed by atoms with van der Waals surface area (Å²) < 4.78 is 5.38. The molecule has 1 aliphatic carbocycles. The highest BCUT2D eigenvalue weighted by Crippen LogP contribution is 2.28. The third-order valence-electron chi connectivity index (χ3n) is 2.54. The number of urea groups is 1. The molecule has 4 N–H and O–H groups in total. The zero-order chi connectivity index (χ0) is 13.4. The number of aliphatic hydroxyl groups excluding tert-OH is 1. The van der Waals surface area contributed by atoms with Crippen molar-refractivity contribution >= 4 is 12.0 Å². The standard InChI is InChI=1S/C11H20N2O5/c14-9(10(15)16)6-13-11(17)12-4-1-5-18-7-8-2-3-8/h8-9,14H,1-7H2,(H,15,16)(H2,12,13,17). The fourth-order valence-electron chi connectivity index (χ4n) is 1.25. The first-order chi connectivity index (χ1) is 8.59. The molecule has 0 aromatic carbocycles. The van der Waals surface area contributed by atoms with E-state index in [0.717, 1.165) is 12.5 Å². The third-order valence-corrected chi connectivity index (χ3v) is 2.54. The second-order valence-electron chi connectivity index (χ2n) is 4.36. The molecule has 7 heteroatoms. The van der Waals surface area contributed by atoms with Crippen molar-refractivity contribution < 1.29 is 24.5 Å². The number of amides is 2. The minimum absolute atomic E-state index is 0.306. The normalized spacial score (nSPS) is 16.1. The van der Waals surface area contributed by atoms with E-state index in [9.17, 15) is 9.59 Å². The second-order valence-corrected chi connectivity index (χ2v) is 4.36. The lowest BCUT2D eigenvalue weighted by Crippen LogP contribution is -2.42. The minimum Gasteiger partial charge on any atom is -0.479 e. The molecule has 0 saturated heterocycles. The van der Waals surface area contributed by atoms with Gasteiger partial charge in [-0.3, -0.25) is 0 Å². The Labute approximate surface area is 106 Å². The number of carbonyl (C=O) groups is 2. The SMILES string of the molecule is O=C(NCCCOCC1CC1)NCC(O)C(=O)O. The van der Waals surface area contributed by atoms with Crippen molar-refractivity contribution in [2.24, 2.45) is 5.92 Å². The number of hydrogen-bond acceptors (Lipinski definition) is 4. The molecule has 18 heavy (non-hydrogen) atoms. The van der Waals surface area contributed by atoms with Crippen molar-refractivity contribution in [3.63, 3.8) is 0 Å². The number of ether oxygens (including phenoxy) is 1. The fraction of sp³-hybridized carbons (Fsp3) is 0.818. The smallest absolute Gasteiger partial charge is 0.334 e. The Balaban J connectivity index is 1.87. The Morgan fingerprint density at radius 2 is 2.06 bits per heavy atom. The lowest BCUT2D eigenvalue weighted by molar-refractivity contribution is -0.146. The van der Waals surface area contributed by atoms with Crippen LogP contribution in [-0.4, -0.2) is 54.6 Å². The Morgan fingerprint density at radius 3 is 2.67 bits per heavy atom. The number of carboxylic acids is 1. The number of nitrogens with one attached hydrogen (secondary N) is 2. The Kier molecular flexibility index (Phi) is 6.45. The van der Waals surface area contributed by atoms with Gasteiger partial charge in [-0.1, -0.05) is 0 Å². The number of aliphatic hydroxyl groups is 1. The van der Waals surface area contributed by atoms with Gasteiger partial charge in [0.1, 0.15) is 0 Å². The predicted molar refractivity (Wildman–Crippen MR) is 63.2 cm³/mol. The van der Waals surface area contributed by atoms with E-state index in [1.165, 1.54) is 12.8 Å². The van der Waals surface area contributed by atoms with Gasteiger partial charge in [-0.25, -0.2) is 9.59 Å². The zero-order valence-corrected chi connectivity index (χ0v) is 10.2. The number of carbonyl (C=O) groups excluding carboxylic acids is 1. The third kappa shape index (κ3) is 7.08. The van der Waals surface area contributed by atoms with E-state index in [1.54, 1.807) is 0 Å². The molecule has 0 bridgehead atoms. The zero-order valence-electron chi connectivity index (χ0n) is 10.2. The molecule has 1 rings (SSSR count). The summed E-state index contributed by atoms with van der Waals surface area (Å²) in [5, 5.41) is 22.1. The van der Waals surface area contributed by atoms with Gasteiger partial charge in [0, 0.05) is 19.8 Å². The van der Waals surface area contributed by atoms with Gasteiger partial charge in [0.25, 0.3) is 0 Å². The van der Waals surface area contributed by atoms with Crippen LogP contribution in [0.1, 0.15) is 19.3 Å². The molecule has 0 aromatic rings. The van der Waals surface area contributed by atoms with Gasteiger partial charge in [0.05, 0.1) is 6.54 Å². The van der Waals surface area contributed by atoms with Crippen molar-refractivity contribution in [3.05, 3.63) is 0 Å². The molecule has 1 atom stereocenters. The maximum atomic E-state index is 11.2. The lowest BCUT2D eigenvalue weighted by Gasteiger charge is -2.09. The molecule has 7 nitrogen and oxygen atoms in total. The van der Waals surface area contributed by atoms with Gasteiger partial charge in [0.2, 0.25) is 0 Å². The summed E-state index contributed by atoms with van der Waals surface area (Å²) >= 11 is 0. The van der Waals surface area contributed by atoms with Crippen LogP contribution in [0.5, 0.6) is 0 Å². The number of carboxylic acid groups (broad SMARTS) is 1. The number of hydrogen-bond donors (Lipinski definition) is 4. The molecule has 1 unspecified atom stereocenters. The molecule has 1 aliphatic rings. The highest BCUT2D eigenvalue weighted by atomic mass is 16.5. The summed E-state index contributed by atoms with van der Waals surface area (Å²) in [6, 6.07) is -0.488. The molecule has 104 valence electrons. The van der Waals surface area contributed by atoms with Crippen molar-refractivity contribution in [3.8, 4) is 0 Å². The van der Waals surface area contributed by atoms with Crippen LogP contribution in [0.4, 0.5) is 4.79 Å². The van der Waals surface area contributed by atoms with Crippen LogP contribution < -0.4 is 10.6 Å². The predicted octanol–water partition coefficient (Wildman–Crippen LogP) is -0.452. The summed E-state index contributed by atoms with van der Waals surface area (Å²) in [4.78, 5) is 21.4. The van der Waals surface area contributed by atoms with Gasteiger partial charge < -0.3 is 25.6 Å².